The number of guanidine groups is 1. The van der Waals surface area contributed by atoms with Gasteiger partial charge in [0.05, 0.1) is 0 Å². The van der Waals surface area contributed by atoms with Crippen molar-refractivity contribution in [1.29, 1.82) is 0 Å². The number of likely N-dealkylation sites (tertiary alicyclic amines) is 1. The second kappa shape index (κ2) is 6.33. The molecule has 2 fully saturated rings. The maximum Gasteiger partial charge on any atom is 0.191 e. The van der Waals surface area contributed by atoms with Crippen LogP contribution in [0.3, 0.4) is 0 Å². The highest BCUT2D eigenvalue weighted by atomic mass is 15.3. The van der Waals surface area contributed by atoms with Gasteiger partial charge in [0.25, 0.3) is 0 Å². The Morgan fingerprint density at radius 2 is 2.05 bits per heavy atom. The van der Waals surface area contributed by atoms with E-state index in [4.69, 9.17) is 4.99 Å². The first-order valence-electron chi connectivity index (χ1n) is 8.22. The maximum atomic E-state index is 4.79. The summed E-state index contributed by atoms with van der Waals surface area (Å²) in [5, 5.41) is 7.04. The number of hydrogen-bond donors (Lipinski definition) is 2. The van der Waals surface area contributed by atoms with Crippen LogP contribution in [0.15, 0.2) is 4.99 Å². The van der Waals surface area contributed by atoms with Crippen LogP contribution in [0.4, 0.5) is 0 Å². The molecule has 1 aliphatic heterocycles. The van der Waals surface area contributed by atoms with Gasteiger partial charge in [-0.05, 0) is 44.9 Å². The van der Waals surface area contributed by atoms with Crippen LogP contribution in [0.25, 0.3) is 0 Å². The predicted octanol–water partition coefficient (Wildman–Crippen LogP) is 2.07. The zero-order valence-corrected chi connectivity index (χ0v) is 13.9. The van der Waals surface area contributed by atoms with Gasteiger partial charge in [-0.25, -0.2) is 0 Å². The van der Waals surface area contributed by atoms with Crippen LogP contribution >= 0.6 is 0 Å². The largest absolute Gasteiger partial charge is 0.357 e. The topological polar surface area (TPSA) is 39.7 Å². The summed E-state index contributed by atoms with van der Waals surface area (Å²) < 4.78 is 0. The van der Waals surface area contributed by atoms with Gasteiger partial charge in [0.2, 0.25) is 0 Å². The average Bonchev–Trinajstić information content (AvgIpc) is 3.01. The van der Waals surface area contributed by atoms with Crippen LogP contribution < -0.4 is 10.6 Å². The molecule has 0 bridgehead atoms. The molecule has 2 atom stereocenters. The van der Waals surface area contributed by atoms with Crippen LogP contribution in [0.5, 0.6) is 0 Å². The van der Waals surface area contributed by atoms with Gasteiger partial charge in [-0.2, -0.15) is 0 Å². The van der Waals surface area contributed by atoms with Crippen molar-refractivity contribution < 1.29 is 0 Å². The quantitative estimate of drug-likeness (QED) is 0.598. The second-order valence-electron chi connectivity index (χ2n) is 7.28. The van der Waals surface area contributed by atoms with E-state index >= 15 is 0 Å². The zero-order chi connectivity index (χ0) is 14.8. The Hall–Kier alpha value is -0.770. The van der Waals surface area contributed by atoms with Crippen LogP contribution in [0, 0.1) is 11.3 Å². The highest BCUT2D eigenvalue weighted by Crippen LogP contribution is 2.44. The number of nitrogens with one attached hydrogen (secondary N) is 2. The normalized spacial score (nSPS) is 29.8. The van der Waals surface area contributed by atoms with Crippen molar-refractivity contribution in [1.82, 2.24) is 15.5 Å². The third kappa shape index (κ3) is 4.11. The summed E-state index contributed by atoms with van der Waals surface area (Å²) in [6.45, 7) is 15.6. The van der Waals surface area contributed by atoms with Gasteiger partial charge < -0.3 is 10.6 Å². The van der Waals surface area contributed by atoms with Crippen molar-refractivity contribution >= 4 is 5.96 Å². The first-order valence-corrected chi connectivity index (χ1v) is 8.22. The molecule has 4 heteroatoms. The Morgan fingerprint density at radius 3 is 2.55 bits per heavy atom. The highest BCUT2D eigenvalue weighted by molar-refractivity contribution is 5.80. The maximum absolute atomic E-state index is 4.79. The van der Waals surface area contributed by atoms with Crippen LogP contribution in [0.1, 0.15) is 47.5 Å². The molecule has 2 aliphatic rings. The van der Waals surface area contributed by atoms with Crippen molar-refractivity contribution in [3.8, 4) is 0 Å². The minimum atomic E-state index is 0.480. The molecule has 116 valence electrons. The summed E-state index contributed by atoms with van der Waals surface area (Å²) in [5.41, 5.74) is 0.480. The Kier molecular flexibility index (Phi) is 4.95. The lowest BCUT2D eigenvalue weighted by Crippen LogP contribution is -2.47. The second-order valence-corrected chi connectivity index (χ2v) is 7.28. The van der Waals surface area contributed by atoms with Crippen molar-refractivity contribution in [2.24, 2.45) is 16.3 Å². The number of aliphatic imine (C=N–C) groups is 1. The van der Waals surface area contributed by atoms with Crippen LogP contribution in [-0.2, 0) is 0 Å². The van der Waals surface area contributed by atoms with E-state index in [0.29, 0.717) is 23.4 Å². The van der Waals surface area contributed by atoms with E-state index in [9.17, 15) is 0 Å². The van der Waals surface area contributed by atoms with Gasteiger partial charge in [0.15, 0.2) is 5.96 Å². The van der Waals surface area contributed by atoms with Gasteiger partial charge >= 0.3 is 0 Å². The van der Waals surface area contributed by atoms with Gasteiger partial charge in [-0.3, -0.25) is 9.89 Å². The molecule has 1 aliphatic carbocycles. The van der Waals surface area contributed by atoms with E-state index in [2.05, 4.69) is 50.2 Å². The number of nitrogens with zero attached hydrogens (tertiary/aromatic N) is 2. The summed E-state index contributed by atoms with van der Waals surface area (Å²) in [6, 6.07) is 1.15. The summed E-state index contributed by atoms with van der Waals surface area (Å²) in [6.07, 6.45) is 2.66. The molecule has 1 heterocycles. The molecule has 20 heavy (non-hydrogen) atoms. The third-order valence-corrected chi connectivity index (χ3v) is 4.76. The summed E-state index contributed by atoms with van der Waals surface area (Å²) in [5.74, 6) is 1.68. The van der Waals surface area contributed by atoms with Crippen molar-refractivity contribution in [3.63, 3.8) is 0 Å². The molecule has 0 aromatic carbocycles. The Morgan fingerprint density at radius 1 is 1.35 bits per heavy atom. The molecule has 1 saturated carbocycles. The molecule has 4 nitrogen and oxygen atoms in total. The van der Waals surface area contributed by atoms with Gasteiger partial charge in [-0.1, -0.05) is 13.8 Å². The fraction of sp³-hybridized carbons (Fsp3) is 0.938. The minimum absolute atomic E-state index is 0.480. The number of rotatable bonds is 5. The fourth-order valence-electron chi connectivity index (χ4n) is 2.75. The van der Waals surface area contributed by atoms with E-state index in [-0.39, 0.29) is 0 Å². The van der Waals surface area contributed by atoms with E-state index in [1.54, 1.807) is 0 Å². The minimum Gasteiger partial charge on any atom is -0.357 e. The zero-order valence-electron chi connectivity index (χ0n) is 13.9. The molecule has 0 aromatic rings. The third-order valence-electron chi connectivity index (χ3n) is 4.76. The number of hydrogen-bond acceptors (Lipinski definition) is 2. The molecular formula is C16H32N4. The van der Waals surface area contributed by atoms with Gasteiger partial charge in [-0.15, -0.1) is 0 Å². The van der Waals surface area contributed by atoms with E-state index in [1.807, 2.05) is 0 Å². The Bertz CT molecular complexity index is 346. The van der Waals surface area contributed by atoms with E-state index in [0.717, 1.165) is 25.6 Å². The molecule has 0 amide bonds. The van der Waals surface area contributed by atoms with Crippen LogP contribution in [0.2, 0.25) is 0 Å². The molecule has 0 radical (unpaired) electrons. The fourth-order valence-corrected chi connectivity index (χ4v) is 2.75. The highest BCUT2D eigenvalue weighted by Gasteiger charge is 2.37. The Balaban J connectivity index is 1.90. The van der Waals surface area contributed by atoms with Gasteiger partial charge in [0.1, 0.15) is 0 Å². The summed E-state index contributed by atoms with van der Waals surface area (Å²) in [7, 11) is 0. The SMILES string of the molecule is CCNC(=NCC1(C)CC1)NC1CN(C(C)C)CC1C. The van der Waals surface area contributed by atoms with Gasteiger partial charge in [0, 0.05) is 38.3 Å². The molecule has 0 aromatic heterocycles. The molecular weight excluding hydrogens is 248 g/mol. The van der Waals surface area contributed by atoms with E-state index in [1.165, 1.54) is 19.4 Å². The molecule has 2 rings (SSSR count). The Labute approximate surface area is 124 Å². The first kappa shape index (κ1) is 15.6. The van der Waals surface area contributed by atoms with Crippen molar-refractivity contribution in [2.45, 2.75) is 59.5 Å². The monoisotopic (exact) mass is 280 g/mol. The summed E-state index contributed by atoms with van der Waals surface area (Å²) >= 11 is 0. The lowest BCUT2D eigenvalue weighted by molar-refractivity contribution is 0.265. The predicted molar refractivity (Wildman–Crippen MR) is 86.1 cm³/mol. The first-order chi connectivity index (χ1) is 9.43. The molecule has 0 spiro atoms. The average molecular weight is 280 g/mol. The standard InChI is InChI=1S/C16H32N4/c1-6-17-15(18-11-16(5)7-8-16)19-14-10-20(12(2)3)9-13(14)4/h12-14H,6-11H2,1-5H3,(H2,17,18,19). The molecule has 2 N–H and O–H groups in total. The van der Waals surface area contributed by atoms with E-state index < -0.39 is 0 Å². The smallest absolute Gasteiger partial charge is 0.191 e. The van der Waals surface area contributed by atoms with Crippen molar-refractivity contribution in [3.05, 3.63) is 0 Å². The van der Waals surface area contributed by atoms with Crippen molar-refractivity contribution in [2.75, 3.05) is 26.2 Å². The molecule has 2 unspecified atom stereocenters. The summed E-state index contributed by atoms with van der Waals surface area (Å²) in [4.78, 5) is 7.34. The lowest BCUT2D eigenvalue weighted by Gasteiger charge is -2.22. The molecule has 1 saturated heterocycles. The van der Waals surface area contributed by atoms with Crippen LogP contribution in [-0.4, -0.2) is 49.1 Å². The lowest BCUT2D eigenvalue weighted by atomic mass is 10.1.